The number of methoxy groups -OCH3 is 1. The molecule has 0 aromatic rings. The Hall–Kier alpha value is -0.870. The molecule has 0 aliphatic carbocycles. The van der Waals surface area contributed by atoms with Crippen LogP contribution in [0.5, 0.6) is 0 Å². The summed E-state index contributed by atoms with van der Waals surface area (Å²) in [5, 5.41) is 8.86. The van der Waals surface area contributed by atoms with Crippen LogP contribution in [0.4, 0.5) is 0 Å². The van der Waals surface area contributed by atoms with Crippen LogP contribution < -0.4 is 0 Å². The van der Waals surface area contributed by atoms with E-state index in [4.69, 9.17) is 9.84 Å². The summed E-state index contributed by atoms with van der Waals surface area (Å²) < 4.78 is 4.72. The third-order valence-electron chi connectivity index (χ3n) is 2.16. The quantitative estimate of drug-likeness (QED) is 0.501. The first-order valence-corrected chi connectivity index (χ1v) is 5.00. The van der Waals surface area contributed by atoms with Crippen LogP contribution in [0.15, 0.2) is 12.7 Å². The van der Waals surface area contributed by atoms with E-state index in [-0.39, 0.29) is 12.6 Å². The summed E-state index contributed by atoms with van der Waals surface area (Å²) in [4.78, 5) is 13.4. The highest BCUT2D eigenvalue weighted by molar-refractivity contribution is 5.76. The third-order valence-corrected chi connectivity index (χ3v) is 2.16. The zero-order valence-corrected chi connectivity index (χ0v) is 9.82. The predicted molar refractivity (Wildman–Crippen MR) is 59.5 cm³/mol. The molecule has 0 radical (unpaired) electrons. The van der Waals surface area contributed by atoms with Crippen LogP contribution in [-0.4, -0.2) is 49.3 Å². The topological polar surface area (TPSA) is 49.8 Å². The molecule has 0 aromatic carbocycles. The summed E-state index contributed by atoms with van der Waals surface area (Å²) in [6.07, 6.45) is 1.75. The molecular formula is C11H21NO3. The zero-order chi connectivity index (χ0) is 11.9. The van der Waals surface area contributed by atoms with Gasteiger partial charge in [0.05, 0.1) is 19.1 Å². The second-order valence-electron chi connectivity index (χ2n) is 4.12. The number of esters is 1. The number of carbonyl (C=O) groups excluding carboxylic acids is 1. The van der Waals surface area contributed by atoms with E-state index in [1.807, 2.05) is 18.7 Å². The fourth-order valence-electron chi connectivity index (χ4n) is 1.46. The van der Waals surface area contributed by atoms with Crippen molar-refractivity contribution in [2.24, 2.45) is 5.41 Å². The molecule has 1 N–H and O–H groups in total. The van der Waals surface area contributed by atoms with E-state index in [1.165, 1.54) is 7.11 Å². The summed E-state index contributed by atoms with van der Waals surface area (Å²) in [6.45, 7) is 9.10. The summed E-state index contributed by atoms with van der Waals surface area (Å²) in [5.74, 6) is -0.241. The van der Waals surface area contributed by atoms with Crippen LogP contribution in [0.1, 0.15) is 13.8 Å². The molecule has 0 aliphatic heterocycles. The van der Waals surface area contributed by atoms with Crippen molar-refractivity contribution in [1.29, 1.82) is 0 Å². The van der Waals surface area contributed by atoms with Crippen LogP contribution in [0.2, 0.25) is 0 Å². The van der Waals surface area contributed by atoms with Crippen LogP contribution in [-0.2, 0) is 9.53 Å². The maximum atomic E-state index is 11.4. The SMILES string of the molecule is C=CCN(CCO)CC(C)(C)C(=O)OC. The minimum absolute atomic E-state index is 0.0745. The molecule has 15 heavy (non-hydrogen) atoms. The highest BCUT2D eigenvalue weighted by atomic mass is 16.5. The Balaban J connectivity index is 4.35. The molecule has 0 aliphatic rings. The molecule has 0 spiro atoms. The van der Waals surface area contributed by atoms with Gasteiger partial charge in [0, 0.05) is 19.6 Å². The van der Waals surface area contributed by atoms with Gasteiger partial charge in [-0.05, 0) is 13.8 Å². The van der Waals surface area contributed by atoms with E-state index in [9.17, 15) is 4.79 Å². The first kappa shape index (κ1) is 14.1. The Morgan fingerprint density at radius 1 is 1.60 bits per heavy atom. The largest absolute Gasteiger partial charge is 0.469 e. The molecule has 0 rings (SSSR count). The predicted octanol–water partition coefficient (Wildman–Crippen LogP) is 0.666. The highest BCUT2D eigenvalue weighted by Crippen LogP contribution is 2.18. The van der Waals surface area contributed by atoms with E-state index < -0.39 is 5.41 Å². The lowest BCUT2D eigenvalue weighted by atomic mass is 9.93. The van der Waals surface area contributed by atoms with Crippen molar-refractivity contribution < 1.29 is 14.6 Å². The molecular weight excluding hydrogens is 194 g/mol. The van der Waals surface area contributed by atoms with Gasteiger partial charge in [0.15, 0.2) is 0 Å². The number of aliphatic hydroxyl groups excluding tert-OH is 1. The summed E-state index contributed by atoms with van der Waals surface area (Å²) in [6, 6.07) is 0. The van der Waals surface area contributed by atoms with E-state index in [1.54, 1.807) is 6.08 Å². The third kappa shape index (κ3) is 4.95. The van der Waals surface area contributed by atoms with Crippen molar-refractivity contribution in [3.05, 3.63) is 12.7 Å². The fraction of sp³-hybridized carbons (Fsp3) is 0.727. The lowest BCUT2D eigenvalue weighted by molar-refractivity contribution is -0.151. The smallest absolute Gasteiger partial charge is 0.312 e. The van der Waals surface area contributed by atoms with Gasteiger partial charge in [0.25, 0.3) is 0 Å². The van der Waals surface area contributed by atoms with Crippen LogP contribution in [0.25, 0.3) is 0 Å². The molecule has 0 fully saturated rings. The van der Waals surface area contributed by atoms with Crippen molar-refractivity contribution in [3.8, 4) is 0 Å². The van der Waals surface area contributed by atoms with Crippen LogP contribution in [0, 0.1) is 5.41 Å². The lowest BCUT2D eigenvalue weighted by Crippen LogP contribution is -2.41. The Bertz CT molecular complexity index is 214. The Morgan fingerprint density at radius 3 is 2.60 bits per heavy atom. The number of aliphatic hydroxyl groups is 1. The monoisotopic (exact) mass is 215 g/mol. The molecule has 0 bridgehead atoms. The van der Waals surface area contributed by atoms with Gasteiger partial charge in [-0.3, -0.25) is 9.69 Å². The van der Waals surface area contributed by atoms with Crippen molar-refractivity contribution in [2.75, 3.05) is 33.4 Å². The number of hydrogen-bond acceptors (Lipinski definition) is 4. The number of ether oxygens (including phenoxy) is 1. The van der Waals surface area contributed by atoms with E-state index in [0.717, 1.165) is 0 Å². The summed E-state index contributed by atoms with van der Waals surface area (Å²) >= 11 is 0. The average Bonchev–Trinajstić information content (AvgIpc) is 2.16. The molecule has 0 heterocycles. The van der Waals surface area contributed by atoms with Crippen LogP contribution in [0.3, 0.4) is 0 Å². The van der Waals surface area contributed by atoms with Gasteiger partial charge in [0.2, 0.25) is 0 Å². The molecule has 88 valence electrons. The molecule has 0 atom stereocenters. The Labute approximate surface area is 91.5 Å². The van der Waals surface area contributed by atoms with E-state index in [2.05, 4.69) is 6.58 Å². The number of nitrogens with zero attached hydrogens (tertiary/aromatic N) is 1. The van der Waals surface area contributed by atoms with E-state index in [0.29, 0.717) is 19.6 Å². The maximum absolute atomic E-state index is 11.4. The standard InChI is InChI=1S/C11H21NO3/c1-5-6-12(7-8-13)9-11(2,3)10(14)15-4/h5,13H,1,6-9H2,2-4H3. The first-order chi connectivity index (χ1) is 6.97. The fourth-order valence-corrected chi connectivity index (χ4v) is 1.46. The molecule has 0 unspecified atom stereocenters. The zero-order valence-electron chi connectivity index (χ0n) is 9.82. The summed E-state index contributed by atoms with van der Waals surface area (Å²) in [5.41, 5.74) is -0.563. The van der Waals surface area contributed by atoms with Gasteiger partial charge in [-0.2, -0.15) is 0 Å². The number of hydrogen-bond donors (Lipinski definition) is 1. The molecule has 0 aromatic heterocycles. The van der Waals surface area contributed by atoms with Gasteiger partial charge in [-0.1, -0.05) is 6.08 Å². The van der Waals surface area contributed by atoms with Gasteiger partial charge in [-0.25, -0.2) is 0 Å². The van der Waals surface area contributed by atoms with Gasteiger partial charge < -0.3 is 9.84 Å². The normalized spacial score (nSPS) is 11.5. The van der Waals surface area contributed by atoms with Crippen molar-refractivity contribution in [2.45, 2.75) is 13.8 Å². The molecule has 0 amide bonds. The van der Waals surface area contributed by atoms with Gasteiger partial charge in [0.1, 0.15) is 0 Å². The maximum Gasteiger partial charge on any atom is 0.312 e. The van der Waals surface area contributed by atoms with Crippen LogP contribution >= 0.6 is 0 Å². The van der Waals surface area contributed by atoms with E-state index >= 15 is 0 Å². The molecule has 4 nitrogen and oxygen atoms in total. The molecule has 4 heteroatoms. The minimum Gasteiger partial charge on any atom is -0.469 e. The highest BCUT2D eigenvalue weighted by Gasteiger charge is 2.30. The lowest BCUT2D eigenvalue weighted by Gasteiger charge is -2.29. The minimum atomic E-state index is -0.563. The first-order valence-electron chi connectivity index (χ1n) is 5.00. The van der Waals surface area contributed by atoms with Crippen molar-refractivity contribution in [1.82, 2.24) is 4.90 Å². The van der Waals surface area contributed by atoms with Crippen molar-refractivity contribution >= 4 is 5.97 Å². The molecule has 0 saturated carbocycles. The Morgan fingerprint density at radius 2 is 2.20 bits per heavy atom. The Kier molecular flexibility index (Phi) is 6.20. The van der Waals surface area contributed by atoms with Crippen molar-refractivity contribution in [3.63, 3.8) is 0 Å². The summed E-state index contributed by atoms with van der Waals surface area (Å²) in [7, 11) is 1.38. The van der Waals surface area contributed by atoms with Gasteiger partial charge >= 0.3 is 5.97 Å². The second kappa shape index (κ2) is 6.58. The number of carbonyl (C=O) groups is 1. The van der Waals surface area contributed by atoms with Gasteiger partial charge in [-0.15, -0.1) is 6.58 Å². The number of rotatable bonds is 7. The molecule has 0 saturated heterocycles. The average molecular weight is 215 g/mol. The second-order valence-corrected chi connectivity index (χ2v) is 4.12.